The van der Waals surface area contributed by atoms with Gasteiger partial charge in [0.05, 0.1) is 0 Å². The summed E-state index contributed by atoms with van der Waals surface area (Å²) in [6, 6.07) is 15.7. The third kappa shape index (κ3) is 6.40. The van der Waals surface area contributed by atoms with E-state index in [0.29, 0.717) is 17.4 Å². The summed E-state index contributed by atoms with van der Waals surface area (Å²) in [4.78, 5) is 14.6. The van der Waals surface area contributed by atoms with Crippen LogP contribution in [0.4, 0.5) is 0 Å². The average Bonchev–Trinajstić information content (AvgIpc) is 2.73. The molecule has 3 N–H and O–H groups in total. The summed E-state index contributed by atoms with van der Waals surface area (Å²) < 4.78 is 0.924. The molecule has 0 saturated heterocycles. The van der Waals surface area contributed by atoms with Gasteiger partial charge >= 0.3 is 7.05 Å². The van der Waals surface area contributed by atoms with Crippen LogP contribution in [-0.4, -0.2) is 25.2 Å². The molecule has 0 fully saturated rings. The molecule has 7 heteroatoms. The van der Waals surface area contributed by atoms with Crippen LogP contribution >= 0.6 is 22.9 Å². The van der Waals surface area contributed by atoms with Crippen molar-refractivity contribution in [2.24, 2.45) is 5.92 Å². The number of nitrogens with one attached hydrogen (secondary N) is 2. The molecule has 0 amide bonds. The molecule has 164 valence electrons. The highest BCUT2D eigenvalue weighted by molar-refractivity contribution is 7.18. The maximum atomic E-state index is 13.5. The van der Waals surface area contributed by atoms with Gasteiger partial charge in [0.15, 0.2) is 5.43 Å². The van der Waals surface area contributed by atoms with E-state index in [4.69, 9.17) is 11.6 Å². The van der Waals surface area contributed by atoms with Crippen molar-refractivity contribution in [2.75, 3.05) is 13.1 Å². The summed E-state index contributed by atoms with van der Waals surface area (Å²) >= 11 is 7.90. The van der Waals surface area contributed by atoms with Crippen LogP contribution in [0.25, 0.3) is 10.1 Å². The van der Waals surface area contributed by atoms with E-state index in [0.717, 1.165) is 45.6 Å². The normalized spacial score (nSPS) is 12.5. The first-order valence-electron chi connectivity index (χ1n) is 10.8. The van der Waals surface area contributed by atoms with Gasteiger partial charge in [-0.1, -0.05) is 55.8 Å². The topological polar surface area (TPSA) is 61.4 Å². The Morgan fingerprint density at radius 2 is 1.87 bits per heavy atom. The number of hydrogen-bond donors (Lipinski definition) is 3. The van der Waals surface area contributed by atoms with Crippen LogP contribution in [0, 0.1) is 5.92 Å². The molecular formula is C24H30BClN2O2S. The van der Waals surface area contributed by atoms with Gasteiger partial charge < -0.3 is 15.6 Å². The third-order valence-corrected chi connectivity index (χ3v) is 6.82. The Labute approximate surface area is 193 Å². The van der Waals surface area contributed by atoms with Crippen molar-refractivity contribution < 1.29 is 5.02 Å². The van der Waals surface area contributed by atoms with Gasteiger partial charge in [0.1, 0.15) is 0 Å². The molecule has 1 unspecified atom stereocenters. The Bertz CT molecular complexity index is 1060. The zero-order valence-corrected chi connectivity index (χ0v) is 19.9. The highest BCUT2D eigenvalue weighted by Gasteiger charge is 2.23. The lowest BCUT2D eigenvalue weighted by atomic mass is 9.89. The molecule has 31 heavy (non-hydrogen) atoms. The Morgan fingerprint density at radius 1 is 1.13 bits per heavy atom. The summed E-state index contributed by atoms with van der Waals surface area (Å²) in [5, 5.41) is 17.4. The second-order valence-corrected chi connectivity index (χ2v) is 9.76. The van der Waals surface area contributed by atoms with Gasteiger partial charge in [-0.3, -0.25) is 4.79 Å². The Balaban J connectivity index is 1.99. The second-order valence-electron chi connectivity index (χ2n) is 8.24. The Morgan fingerprint density at radius 3 is 2.55 bits per heavy atom. The van der Waals surface area contributed by atoms with Crippen molar-refractivity contribution in [1.29, 1.82) is 0 Å². The van der Waals surface area contributed by atoms with Gasteiger partial charge in [-0.15, -0.1) is 11.3 Å². The molecule has 0 saturated carbocycles. The van der Waals surface area contributed by atoms with Crippen molar-refractivity contribution in [3.63, 3.8) is 0 Å². The average molecular weight is 457 g/mol. The van der Waals surface area contributed by atoms with E-state index in [9.17, 15) is 9.82 Å². The van der Waals surface area contributed by atoms with Crippen LogP contribution in [0.1, 0.15) is 42.3 Å². The van der Waals surface area contributed by atoms with Crippen molar-refractivity contribution in [1.82, 2.24) is 10.5 Å². The molecule has 0 radical (unpaired) electrons. The van der Waals surface area contributed by atoms with Crippen LogP contribution < -0.4 is 16.0 Å². The van der Waals surface area contributed by atoms with E-state index in [1.54, 1.807) is 24.2 Å². The maximum Gasteiger partial charge on any atom is 0.373 e. The van der Waals surface area contributed by atoms with Crippen LogP contribution in [0.2, 0.25) is 11.8 Å². The van der Waals surface area contributed by atoms with Crippen LogP contribution in [0.3, 0.4) is 0 Å². The molecule has 1 aromatic heterocycles. The molecule has 0 bridgehead atoms. The van der Waals surface area contributed by atoms with Crippen molar-refractivity contribution in [3.05, 3.63) is 79.8 Å². The van der Waals surface area contributed by atoms with Crippen molar-refractivity contribution in [3.8, 4) is 0 Å². The minimum Gasteiger partial charge on any atom is -0.437 e. The standard InChI is InChI=1S/C24H30BClN2O2S/c1-16(2)22(27-12-7-13-28-25(3)30)24-20(14-17-8-5-4-6-9-17)23(29)19-11-10-18(26)15-21(19)31-24/h4-6,8-11,15-16,22,27-28,30H,7,12-14H2,1-3H3. The second kappa shape index (κ2) is 11.3. The molecule has 0 spiro atoms. The molecule has 0 aliphatic carbocycles. The lowest BCUT2D eigenvalue weighted by Gasteiger charge is -2.25. The summed E-state index contributed by atoms with van der Waals surface area (Å²) in [5.74, 6) is 0.312. The van der Waals surface area contributed by atoms with Crippen LogP contribution in [-0.2, 0) is 6.42 Å². The SMILES string of the molecule is CB(O)NCCCNC(c1sc2cc(Cl)ccc2c(=O)c1Cc1ccccc1)C(C)C. The van der Waals surface area contributed by atoms with Crippen molar-refractivity contribution in [2.45, 2.75) is 39.6 Å². The number of benzene rings is 2. The van der Waals surface area contributed by atoms with E-state index >= 15 is 0 Å². The zero-order valence-electron chi connectivity index (χ0n) is 18.3. The third-order valence-electron chi connectivity index (χ3n) is 5.31. The van der Waals surface area contributed by atoms with Gasteiger partial charge in [0.25, 0.3) is 0 Å². The summed E-state index contributed by atoms with van der Waals surface area (Å²) in [7, 11) is -0.506. The van der Waals surface area contributed by atoms with Gasteiger partial charge in [-0.2, -0.15) is 0 Å². The van der Waals surface area contributed by atoms with Crippen molar-refractivity contribution >= 4 is 40.1 Å². The Kier molecular flexibility index (Phi) is 8.70. The minimum absolute atomic E-state index is 0.0614. The lowest BCUT2D eigenvalue weighted by Crippen LogP contribution is -2.34. The predicted octanol–water partition coefficient (Wildman–Crippen LogP) is 4.88. The quantitative estimate of drug-likeness (QED) is 0.300. The van der Waals surface area contributed by atoms with E-state index in [2.05, 4.69) is 36.5 Å². The molecule has 3 rings (SSSR count). The molecule has 2 aromatic carbocycles. The number of rotatable bonds is 10. The minimum atomic E-state index is -0.506. The number of halogens is 1. The van der Waals surface area contributed by atoms with E-state index in [-0.39, 0.29) is 11.5 Å². The van der Waals surface area contributed by atoms with E-state index in [1.807, 2.05) is 30.3 Å². The first-order valence-corrected chi connectivity index (χ1v) is 12.0. The first kappa shape index (κ1) is 24.0. The monoisotopic (exact) mass is 456 g/mol. The maximum absolute atomic E-state index is 13.5. The van der Waals surface area contributed by atoms with Gasteiger partial charge in [0, 0.05) is 38.0 Å². The van der Waals surface area contributed by atoms with Crippen LogP contribution in [0.15, 0.2) is 53.3 Å². The largest absolute Gasteiger partial charge is 0.437 e. The highest BCUT2D eigenvalue weighted by atomic mass is 35.5. The first-order chi connectivity index (χ1) is 14.9. The molecule has 1 atom stereocenters. The smallest absolute Gasteiger partial charge is 0.373 e. The number of hydrogen-bond acceptors (Lipinski definition) is 5. The zero-order chi connectivity index (χ0) is 22.4. The van der Waals surface area contributed by atoms with E-state index < -0.39 is 7.05 Å². The molecular weight excluding hydrogens is 427 g/mol. The fraction of sp³-hybridized carbons (Fsp3) is 0.375. The molecule has 3 aromatic rings. The van der Waals surface area contributed by atoms with Gasteiger partial charge in [-0.05, 0) is 56.0 Å². The number of fused-ring (bicyclic) bond motifs is 1. The molecule has 4 nitrogen and oxygen atoms in total. The molecule has 1 heterocycles. The summed E-state index contributed by atoms with van der Waals surface area (Å²) in [6.07, 6.45) is 1.50. The Hall–Kier alpha value is -1.70. The van der Waals surface area contributed by atoms with E-state index in [1.165, 1.54) is 0 Å². The van der Waals surface area contributed by atoms with Crippen LogP contribution in [0.5, 0.6) is 0 Å². The van der Waals surface area contributed by atoms with Gasteiger partial charge in [-0.25, -0.2) is 0 Å². The fourth-order valence-electron chi connectivity index (χ4n) is 3.73. The summed E-state index contributed by atoms with van der Waals surface area (Å²) in [5.41, 5.74) is 2.08. The predicted molar refractivity (Wildman–Crippen MR) is 134 cm³/mol. The summed E-state index contributed by atoms with van der Waals surface area (Å²) in [6.45, 7) is 7.60. The molecule has 0 aliphatic heterocycles. The molecule has 0 aliphatic rings. The fourth-order valence-corrected chi connectivity index (χ4v) is 5.43. The highest BCUT2D eigenvalue weighted by Crippen LogP contribution is 2.33. The lowest BCUT2D eigenvalue weighted by molar-refractivity contribution is 0.412. The van der Waals surface area contributed by atoms with Gasteiger partial charge in [0.2, 0.25) is 0 Å².